The van der Waals surface area contributed by atoms with Crippen LogP contribution in [0.1, 0.15) is 173 Å². The van der Waals surface area contributed by atoms with Crippen LogP contribution in [0.2, 0.25) is 0 Å². The number of benzene rings is 12. The van der Waals surface area contributed by atoms with E-state index in [1.807, 2.05) is 110 Å². The van der Waals surface area contributed by atoms with Crippen LogP contribution in [-0.2, 0) is 0 Å². The molecule has 0 spiro atoms. The van der Waals surface area contributed by atoms with Crippen LogP contribution in [0.5, 0.6) is 57.5 Å². The van der Waals surface area contributed by atoms with Gasteiger partial charge in [0.05, 0.1) is 152 Å². The average molecular weight is 1810 g/mol. The van der Waals surface area contributed by atoms with E-state index >= 15 is 0 Å². The van der Waals surface area contributed by atoms with Gasteiger partial charge in [-0.3, -0.25) is 28.8 Å². The first-order valence-electron chi connectivity index (χ1n) is 42.0. The van der Waals surface area contributed by atoms with Crippen molar-refractivity contribution >= 4 is 71.2 Å². The first kappa shape index (κ1) is 105. The molecule has 0 saturated carbocycles. The van der Waals surface area contributed by atoms with E-state index < -0.39 is 0 Å². The minimum Gasteiger partial charge on any atom is -0.496 e. The van der Waals surface area contributed by atoms with Gasteiger partial charge in [-0.25, -0.2) is 0 Å². The molecule has 0 bridgehead atoms. The van der Waals surface area contributed by atoms with Gasteiger partial charge in [-0.05, 0) is 303 Å². The topological polar surface area (TPSA) is 337 Å². The van der Waals surface area contributed by atoms with Crippen molar-refractivity contribution in [1.82, 2.24) is 0 Å². The molecule has 0 unspecified atom stereocenters. The summed E-state index contributed by atoms with van der Waals surface area (Å²) < 4.78 is 53.1. The summed E-state index contributed by atoms with van der Waals surface area (Å²) in [6, 6.07) is 76.1. The van der Waals surface area contributed by atoms with Crippen LogP contribution in [0.15, 0.2) is 255 Å². The second-order valence-electron chi connectivity index (χ2n) is 29.9. The van der Waals surface area contributed by atoms with Crippen molar-refractivity contribution in [2.24, 2.45) is 0 Å². The zero-order valence-electron chi connectivity index (χ0n) is 78.9. The van der Waals surface area contributed by atoms with Gasteiger partial charge in [0.15, 0.2) is 57.7 Å². The van der Waals surface area contributed by atoms with E-state index in [1.54, 1.807) is 229 Å². The first-order chi connectivity index (χ1) is 65.5. The maximum Gasteiger partial charge on any atom is 0.193 e. The predicted octanol–water partition coefficient (Wildman–Crippen LogP) is 23.3. The molecular weight excluding hydrogens is 1710 g/mol. The van der Waals surface area contributed by atoms with Gasteiger partial charge in [-0.1, -0.05) is 121 Å². The lowest BCUT2D eigenvalue weighted by atomic mass is 10.0. The molecule has 0 saturated heterocycles. The van der Waals surface area contributed by atoms with Gasteiger partial charge < -0.3 is 47.4 Å². The van der Waals surface area contributed by atoms with Crippen LogP contribution >= 0.6 is 0 Å². The summed E-state index contributed by atoms with van der Waals surface area (Å²) in [7, 11) is 15.4. The van der Waals surface area contributed by atoms with E-state index in [0.29, 0.717) is 119 Å². The van der Waals surface area contributed by atoms with E-state index in [0.717, 1.165) is 83.6 Å². The maximum absolute atomic E-state index is 12.5. The van der Waals surface area contributed by atoms with Gasteiger partial charge in [0.1, 0.15) is 45.6 Å². The number of rotatable bonds is 28. The minimum atomic E-state index is -0.221. The highest BCUT2D eigenvalue weighted by molar-refractivity contribution is 6.13. The van der Waals surface area contributed by atoms with Crippen molar-refractivity contribution in [2.45, 2.75) is 55.4 Å². The summed E-state index contributed by atoms with van der Waals surface area (Å²) in [5, 5.41) is 53.0. The Morgan fingerprint density at radius 1 is 0.228 bits per heavy atom. The number of methoxy groups -OCH3 is 10. The summed E-state index contributed by atoms with van der Waals surface area (Å²) >= 11 is 0. The van der Waals surface area contributed by atoms with Gasteiger partial charge in [-0.15, -0.1) is 0 Å². The van der Waals surface area contributed by atoms with Crippen molar-refractivity contribution in [3.63, 3.8) is 0 Å². The number of nitrogens with zero attached hydrogens (tertiary/aromatic N) is 6. The largest absolute Gasteiger partial charge is 0.496 e. The molecule has 0 amide bonds. The Bertz CT molecular complexity index is 6780. The Hall–Kier alpha value is -18.0. The number of ketones is 6. The summed E-state index contributed by atoms with van der Waals surface area (Å²) in [4.78, 5) is 74.5. The smallest absolute Gasteiger partial charge is 0.193 e. The second-order valence-corrected chi connectivity index (χ2v) is 29.9. The summed E-state index contributed by atoms with van der Waals surface area (Å²) in [5.41, 5.74) is 19.0. The molecular formula is C114H102N6O16. The van der Waals surface area contributed by atoms with E-state index in [9.17, 15) is 28.8 Å². The van der Waals surface area contributed by atoms with Gasteiger partial charge >= 0.3 is 0 Å². The van der Waals surface area contributed by atoms with Crippen molar-refractivity contribution in [3.05, 3.63) is 399 Å². The second kappa shape index (κ2) is 53.2. The summed E-state index contributed by atoms with van der Waals surface area (Å²) in [6.07, 6.45) is 19.1. The lowest BCUT2D eigenvalue weighted by Crippen LogP contribution is -2.03. The van der Waals surface area contributed by atoms with Gasteiger partial charge in [0.2, 0.25) is 0 Å². The van der Waals surface area contributed by atoms with Gasteiger partial charge in [0.25, 0.3) is 0 Å². The summed E-state index contributed by atoms with van der Waals surface area (Å²) in [6.45, 7) is 15.4. The molecule has 22 heteroatoms. The molecule has 0 heterocycles. The fraction of sp³-hybridized carbons (Fsp3) is 0.158. The number of carbonyl (C=O) groups excluding carboxylic acids is 6. The Morgan fingerprint density at radius 3 is 0.728 bits per heavy atom. The molecule has 12 rings (SSSR count). The lowest BCUT2D eigenvalue weighted by Gasteiger charge is -2.13. The van der Waals surface area contributed by atoms with Crippen molar-refractivity contribution in [3.8, 4) is 93.9 Å². The third-order valence-corrected chi connectivity index (χ3v) is 20.7. The maximum atomic E-state index is 12.5. The molecule has 22 nitrogen and oxygen atoms in total. The third kappa shape index (κ3) is 30.1. The van der Waals surface area contributed by atoms with Crippen LogP contribution in [-0.4, -0.2) is 106 Å². The molecule has 0 aliphatic heterocycles. The fourth-order valence-electron chi connectivity index (χ4n) is 13.3. The highest BCUT2D eigenvalue weighted by atomic mass is 16.5. The normalized spacial score (nSPS) is 10.4. The zero-order chi connectivity index (χ0) is 99.5. The van der Waals surface area contributed by atoms with E-state index in [1.165, 1.54) is 79.1 Å². The summed E-state index contributed by atoms with van der Waals surface area (Å²) in [5.74, 6) is 4.35. The highest BCUT2D eigenvalue weighted by Crippen LogP contribution is 2.38. The number of ether oxygens (including phenoxy) is 10. The SMILES string of the molecule is COc1c(C)ccc(C(=O)/C=C/c2ccc(C#N)cc2)c1OC.COc1c(C)ccc(C(=O)/C=C/c2cccc(C#N)c2)c1OC.COc1cc(C(=O)/C=C/c2ccc(C#N)cc2)cc(C)c1C.COc1cc(C(=O)/C=C/c2cccc(C#N)c2)cc(C)c1C.COc1cc(C)cc(OC)c1C(=O)/C=C/c1ccc(C#N)cc1.COc1cc(C)cc(OC)c1C(=O)/C=C/c1cccc(C#N)c1. The van der Waals surface area contributed by atoms with Crippen LogP contribution < -0.4 is 47.4 Å². The molecule has 12 aromatic carbocycles. The first-order valence-corrected chi connectivity index (χ1v) is 42.0. The third-order valence-electron chi connectivity index (χ3n) is 20.7. The monoisotopic (exact) mass is 1810 g/mol. The number of hydrogen-bond donors (Lipinski definition) is 0. The fourth-order valence-corrected chi connectivity index (χ4v) is 13.3. The van der Waals surface area contributed by atoms with E-state index in [4.69, 9.17) is 78.9 Å². The number of aryl methyl sites for hydroxylation is 6. The zero-order valence-corrected chi connectivity index (χ0v) is 78.9. The molecule has 684 valence electrons. The highest BCUT2D eigenvalue weighted by Gasteiger charge is 2.22. The average Bonchev–Trinajstić information content (AvgIpc) is 0.821. The lowest BCUT2D eigenvalue weighted by molar-refractivity contribution is 0.103. The molecule has 0 radical (unpaired) electrons. The Kier molecular flexibility index (Phi) is 41.1. The Balaban J connectivity index is 0.000000222. The molecule has 136 heavy (non-hydrogen) atoms. The van der Waals surface area contributed by atoms with E-state index in [-0.39, 0.29) is 34.7 Å². The molecule has 0 N–H and O–H groups in total. The quantitative estimate of drug-likeness (QED) is 0.0325. The van der Waals surface area contributed by atoms with E-state index in [2.05, 4.69) is 36.4 Å². The van der Waals surface area contributed by atoms with Crippen LogP contribution in [0.4, 0.5) is 0 Å². The number of allylic oxidation sites excluding steroid dienone is 6. The van der Waals surface area contributed by atoms with Gasteiger partial charge in [0, 0.05) is 11.1 Å². The number of carbonyl (C=O) groups is 6. The van der Waals surface area contributed by atoms with Crippen molar-refractivity contribution in [2.75, 3.05) is 71.1 Å². The molecule has 0 atom stereocenters. The predicted molar refractivity (Wildman–Crippen MR) is 529 cm³/mol. The standard InChI is InChI=1S/4C19H17NO3.2C19H17NO2/c1-13-4-10-16(19(23-3)18(13)22-2)17(21)11-9-14-5-7-15(12-20)8-6-14;1-13-10-17(22-2)19(18(11-13)23-3)16(21)9-8-14-4-6-15(12-20)7-5-14;1-13-7-9-16(19(23-3)18(13)22-2)17(21)10-8-14-5-4-6-15(11-14)12-20;1-13-9-17(22-2)19(18(10-13)23-3)16(21)8-7-14-5-4-6-15(11-14)12-20;1-13-10-17(11-19(22-3)14(13)2)18(21)9-8-15-4-6-16(12-20)7-5-15;1-13-9-17(11-19(22-3)14(13)2)18(21)8-7-15-5-4-6-16(10-15)12-20/h4*4-11H,1-3H3;2*4-11H,1-3H3/b11-9+;9-8+;10-8+;8-7+;9-8+;8-7+. The van der Waals surface area contributed by atoms with Gasteiger partial charge in [-0.2, -0.15) is 31.6 Å². The van der Waals surface area contributed by atoms with Crippen LogP contribution in [0, 0.1) is 123 Å². The van der Waals surface area contributed by atoms with Crippen LogP contribution in [0.25, 0.3) is 36.5 Å². The van der Waals surface area contributed by atoms with Crippen molar-refractivity contribution in [1.29, 1.82) is 31.6 Å². The Labute approximate surface area is 794 Å². The Morgan fingerprint density at radius 2 is 0.478 bits per heavy atom. The molecule has 0 aliphatic carbocycles. The number of nitriles is 6. The van der Waals surface area contributed by atoms with Crippen molar-refractivity contribution < 1.29 is 76.1 Å². The molecule has 0 fully saturated rings. The molecule has 0 aromatic heterocycles. The minimum absolute atomic E-state index is 0.0780. The molecule has 12 aromatic rings. The van der Waals surface area contributed by atoms with Crippen LogP contribution in [0.3, 0.4) is 0 Å². The molecule has 0 aliphatic rings. The number of hydrogen-bond acceptors (Lipinski definition) is 22.